The first-order chi connectivity index (χ1) is 11.6. The molecule has 5 nitrogen and oxygen atoms in total. The number of carbonyl (C=O) groups excluding carboxylic acids is 1. The van der Waals surface area contributed by atoms with E-state index < -0.39 is 6.09 Å². The van der Waals surface area contributed by atoms with Gasteiger partial charge in [-0.15, -0.1) is 0 Å². The molecule has 0 spiro atoms. The van der Waals surface area contributed by atoms with E-state index in [4.69, 9.17) is 5.11 Å². The highest BCUT2D eigenvalue weighted by atomic mass is 16.4. The fourth-order valence-electron chi connectivity index (χ4n) is 2.56. The fraction of sp³-hybridized carbons (Fsp3) is 0.158. The van der Waals surface area contributed by atoms with Crippen LogP contribution in [0.1, 0.15) is 16.7 Å². The molecule has 1 aliphatic heterocycles. The predicted molar refractivity (Wildman–Crippen MR) is 90.7 cm³/mol. The quantitative estimate of drug-likeness (QED) is 0.865. The Balaban J connectivity index is 2.04. The summed E-state index contributed by atoms with van der Waals surface area (Å²) in [5.74, 6) is 5.97. The van der Waals surface area contributed by atoms with Gasteiger partial charge in [0, 0.05) is 18.2 Å². The molecule has 0 fully saturated rings. The van der Waals surface area contributed by atoms with E-state index in [0.29, 0.717) is 12.2 Å². The molecule has 0 atom stereocenters. The van der Waals surface area contributed by atoms with Gasteiger partial charge in [0.25, 0.3) is 0 Å². The van der Waals surface area contributed by atoms with Crippen molar-refractivity contribution in [3.63, 3.8) is 0 Å². The molecule has 1 heterocycles. The number of rotatable bonds is 2. The highest BCUT2D eigenvalue weighted by Crippen LogP contribution is 2.25. The first-order valence-electron chi connectivity index (χ1n) is 7.49. The Kier molecular flexibility index (Phi) is 4.21. The van der Waals surface area contributed by atoms with E-state index in [1.165, 1.54) is 7.05 Å². The monoisotopic (exact) mass is 320 g/mol. The number of likely N-dealkylation sites (N-methyl/N-ethyl adjacent to an activating group) is 1. The number of hydrogen-bond acceptors (Lipinski definition) is 2. The van der Waals surface area contributed by atoms with Crippen molar-refractivity contribution >= 4 is 17.7 Å². The zero-order valence-corrected chi connectivity index (χ0v) is 13.2. The largest absolute Gasteiger partial charge is 0.465 e. The second kappa shape index (κ2) is 6.47. The maximum atomic E-state index is 12.7. The van der Waals surface area contributed by atoms with Crippen LogP contribution in [0, 0.1) is 11.8 Å². The predicted octanol–water partition coefficient (Wildman–Crippen LogP) is 2.54. The van der Waals surface area contributed by atoms with Crippen LogP contribution in [0.5, 0.6) is 0 Å². The lowest BCUT2D eigenvalue weighted by molar-refractivity contribution is -0.119. The molecule has 0 aromatic heterocycles. The number of benzene rings is 2. The van der Waals surface area contributed by atoms with E-state index in [2.05, 4.69) is 11.8 Å². The van der Waals surface area contributed by atoms with Gasteiger partial charge in [-0.2, -0.15) is 0 Å². The van der Waals surface area contributed by atoms with Crippen molar-refractivity contribution in [2.75, 3.05) is 18.5 Å². The topological polar surface area (TPSA) is 60.9 Å². The van der Waals surface area contributed by atoms with Crippen LogP contribution in [0.15, 0.2) is 48.5 Å². The van der Waals surface area contributed by atoms with Crippen molar-refractivity contribution in [1.82, 2.24) is 4.90 Å². The van der Waals surface area contributed by atoms with Crippen LogP contribution in [0.2, 0.25) is 0 Å². The maximum absolute atomic E-state index is 12.7. The molecule has 5 heteroatoms. The number of nitrogens with zero attached hydrogens (tertiary/aromatic N) is 2. The second-order valence-corrected chi connectivity index (χ2v) is 5.54. The van der Waals surface area contributed by atoms with Crippen molar-refractivity contribution in [2.45, 2.75) is 6.54 Å². The van der Waals surface area contributed by atoms with Gasteiger partial charge in [0.1, 0.15) is 6.54 Å². The van der Waals surface area contributed by atoms with Gasteiger partial charge in [0.05, 0.1) is 12.2 Å². The molecule has 2 aromatic rings. The number of carboxylic acid groups (broad SMARTS) is 1. The number of fused-ring (bicyclic) bond motifs is 2. The van der Waals surface area contributed by atoms with Crippen molar-refractivity contribution in [3.8, 4) is 11.8 Å². The van der Waals surface area contributed by atoms with Gasteiger partial charge < -0.3 is 14.9 Å². The van der Waals surface area contributed by atoms with Crippen molar-refractivity contribution < 1.29 is 14.7 Å². The van der Waals surface area contributed by atoms with E-state index in [0.717, 1.165) is 21.6 Å². The summed E-state index contributed by atoms with van der Waals surface area (Å²) in [4.78, 5) is 26.3. The van der Waals surface area contributed by atoms with Crippen molar-refractivity contribution in [1.29, 1.82) is 0 Å². The summed E-state index contributed by atoms with van der Waals surface area (Å²) in [6, 6.07) is 15.1. The molecule has 1 aliphatic rings. The summed E-state index contributed by atoms with van der Waals surface area (Å²) >= 11 is 0. The lowest BCUT2D eigenvalue weighted by Crippen LogP contribution is -2.41. The lowest BCUT2D eigenvalue weighted by Gasteiger charge is -2.27. The normalized spacial score (nSPS) is 12.0. The molecular weight excluding hydrogens is 304 g/mol. The second-order valence-electron chi connectivity index (χ2n) is 5.54. The molecule has 120 valence electrons. The number of carbonyl (C=O) groups is 2. The van der Waals surface area contributed by atoms with Gasteiger partial charge in [0.2, 0.25) is 5.91 Å². The van der Waals surface area contributed by atoms with E-state index in [-0.39, 0.29) is 12.5 Å². The molecule has 0 aliphatic carbocycles. The zero-order chi connectivity index (χ0) is 17.1. The summed E-state index contributed by atoms with van der Waals surface area (Å²) in [6.45, 7) is 0.146. The number of hydrogen-bond donors (Lipinski definition) is 1. The average Bonchev–Trinajstić information content (AvgIpc) is 2.56. The molecular formula is C19H16N2O3. The SMILES string of the molecule is CN(CC(=O)N1Cc2ccccc2C#Cc2ccccc21)C(=O)O. The van der Waals surface area contributed by atoms with E-state index >= 15 is 0 Å². The van der Waals surface area contributed by atoms with Gasteiger partial charge >= 0.3 is 6.09 Å². The van der Waals surface area contributed by atoms with Crippen LogP contribution in [-0.2, 0) is 11.3 Å². The average molecular weight is 320 g/mol. The minimum atomic E-state index is -1.14. The third kappa shape index (κ3) is 3.08. The summed E-state index contributed by atoms with van der Waals surface area (Å²) in [5, 5.41) is 9.02. The Labute approximate surface area is 140 Å². The molecule has 0 unspecified atom stereocenters. The standard InChI is InChI=1S/C19H16N2O3/c1-20(19(23)24)13-18(22)21-12-16-8-3-2-6-14(16)10-11-15-7-4-5-9-17(15)21/h2-9H,12-13H2,1H3,(H,23,24). The molecule has 3 rings (SSSR count). The lowest BCUT2D eigenvalue weighted by atomic mass is 10.0. The molecule has 2 amide bonds. The minimum Gasteiger partial charge on any atom is -0.465 e. The summed E-state index contributed by atoms with van der Waals surface area (Å²) in [7, 11) is 1.38. The van der Waals surface area contributed by atoms with Crippen molar-refractivity contribution in [2.24, 2.45) is 0 Å². The summed E-state index contributed by atoms with van der Waals surface area (Å²) < 4.78 is 0. The number of para-hydroxylation sites is 1. The molecule has 0 radical (unpaired) electrons. The fourth-order valence-corrected chi connectivity index (χ4v) is 2.56. The third-order valence-electron chi connectivity index (χ3n) is 3.87. The van der Waals surface area contributed by atoms with Gasteiger partial charge in [0.15, 0.2) is 0 Å². The molecule has 1 N–H and O–H groups in total. The van der Waals surface area contributed by atoms with Crippen LogP contribution in [0.4, 0.5) is 10.5 Å². The Hall–Kier alpha value is -3.26. The van der Waals surface area contributed by atoms with Gasteiger partial charge in [-0.1, -0.05) is 42.2 Å². The van der Waals surface area contributed by atoms with E-state index in [9.17, 15) is 9.59 Å². The van der Waals surface area contributed by atoms with Gasteiger partial charge in [-0.05, 0) is 23.8 Å². The van der Waals surface area contributed by atoms with Crippen LogP contribution in [-0.4, -0.2) is 35.6 Å². The van der Waals surface area contributed by atoms with Gasteiger partial charge in [-0.25, -0.2) is 4.79 Å². The maximum Gasteiger partial charge on any atom is 0.407 e. The first-order valence-corrected chi connectivity index (χ1v) is 7.49. The summed E-state index contributed by atoms with van der Waals surface area (Å²) in [6.07, 6.45) is -1.14. The Bertz CT molecular complexity index is 864. The number of amides is 2. The van der Waals surface area contributed by atoms with Crippen molar-refractivity contribution in [3.05, 3.63) is 65.2 Å². The smallest absolute Gasteiger partial charge is 0.407 e. The zero-order valence-electron chi connectivity index (χ0n) is 13.2. The van der Waals surface area contributed by atoms with Crippen LogP contribution in [0.25, 0.3) is 0 Å². The van der Waals surface area contributed by atoms with E-state index in [1.54, 1.807) is 4.90 Å². The summed E-state index contributed by atoms with van der Waals surface area (Å²) in [5.41, 5.74) is 3.25. The molecule has 2 aromatic carbocycles. The highest BCUT2D eigenvalue weighted by molar-refractivity contribution is 5.97. The molecule has 0 saturated carbocycles. The Morgan fingerprint density at radius 2 is 1.71 bits per heavy atom. The molecule has 0 bridgehead atoms. The number of anilines is 1. The Morgan fingerprint density at radius 3 is 2.46 bits per heavy atom. The molecule has 24 heavy (non-hydrogen) atoms. The van der Waals surface area contributed by atoms with Crippen LogP contribution in [0.3, 0.4) is 0 Å². The van der Waals surface area contributed by atoms with Gasteiger partial charge in [-0.3, -0.25) is 4.79 Å². The highest BCUT2D eigenvalue weighted by Gasteiger charge is 2.23. The molecule has 0 saturated heterocycles. The van der Waals surface area contributed by atoms with E-state index in [1.807, 2.05) is 48.5 Å². The third-order valence-corrected chi connectivity index (χ3v) is 3.87. The Morgan fingerprint density at radius 1 is 1.08 bits per heavy atom. The van der Waals surface area contributed by atoms with Crippen LogP contribution < -0.4 is 4.90 Å². The first kappa shape index (κ1) is 15.6. The minimum absolute atomic E-state index is 0.209. The van der Waals surface area contributed by atoms with Crippen LogP contribution >= 0.6 is 0 Å².